The average Bonchev–Trinajstić information content (AvgIpc) is 3.15. The number of hydrogen-bond donors (Lipinski definition) is 0. The fourth-order valence-electron chi connectivity index (χ4n) is 1.92. The molecular weight excluding hydrogens is 280 g/mol. The molecule has 1 fully saturated rings. The molecule has 1 saturated carbocycles. The van der Waals surface area contributed by atoms with E-state index in [2.05, 4.69) is 19.9 Å². The second-order valence-electron chi connectivity index (χ2n) is 4.90. The molecule has 0 aliphatic heterocycles. The van der Waals surface area contributed by atoms with E-state index in [9.17, 15) is 0 Å². The van der Waals surface area contributed by atoms with Crippen LogP contribution in [0.4, 0.5) is 5.82 Å². The normalized spacial score (nSPS) is 14.7. The first kappa shape index (κ1) is 12.8. The Hall–Kier alpha value is -1.20. The van der Waals surface area contributed by atoms with Crippen molar-refractivity contribution in [2.75, 3.05) is 11.9 Å². The largest absolute Gasteiger partial charge is 0.354 e. The van der Waals surface area contributed by atoms with Crippen LogP contribution >= 0.6 is 22.9 Å². The minimum atomic E-state index is 0.510. The Balaban J connectivity index is 1.82. The van der Waals surface area contributed by atoms with Gasteiger partial charge in [0.25, 0.3) is 0 Å². The summed E-state index contributed by atoms with van der Waals surface area (Å²) >= 11 is 7.76. The molecule has 3 rings (SSSR count). The molecule has 1 aliphatic carbocycles. The highest BCUT2D eigenvalue weighted by Gasteiger charge is 2.27. The molecule has 0 bridgehead atoms. The van der Waals surface area contributed by atoms with Gasteiger partial charge in [-0.2, -0.15) is 0 Å². The molecule has 6 heteroatoms. The van der Waals surface area contributed by atoms with Crippen molar-refractivity contribution in [3.05, 3.63) is 33.1 Å². The highest BCUT2D eigenvalue weighted by atomic mass is 35.5. The van der Waals surface area contributed by atoms with Gasteiger partial charge in [0.05, 0.1) is 17.7 Å². The van der Waals surface area contributed by atoms with Crippen molar-refractivity contribution < 1.29 is 0 Å². The van der Waals surface area contributed by atoms with Crippen LogP contribution < -0.4 is 4.90 Å². The molecule has 1 aliphatic rings. The van der Waals surface area contributed by atoms with Gasteiger partial charge in [-0.1, -0.05) is 11.6 Å². The second kappa shape index (κ2) is 5.06. The maximum atomic E-state index is 6.09. The van der Waals surface area contributed by atoms with Crippen molar-refractivity contribution in [1.82, 2.24) is 15.0 Å². The van der Waals surface area contributed by atoms with Crippen LogP contribution in [-0.4, -0.2) is 22.0 Å². The van der Waals surface area contributed by atoms with Crippen LogP contribution in [0.1, 0.15) is 35.2 Å². The molecule has 0 radical (unpaired) electrons. The number of anilines is 1. The minimum absolute atomic E-state index is 0.510. The zero-order chi connectivity index (χ0) is 13.4. The molecule has 0 amide bonds. The lowest BCUT2D eigenvalue weighted by Gasteiger charge is -2.18. The number of halogens is 1. The van der Waals surface area contributed by atoms with Gasteiger partial charge in [0.15, 0.2) is 0 Å². The Bertz CT molecular complexity index is 594. The zero-order valence-corrected chi connectivity index (χ0v) is 12.5. The third-order valence-corrected chi connectivity index (χ3v) is 4.37. The Morgan fingerprint density at radius 3 is 2.84 bits per heavy atom. The molecule has 0 saturated heterocycles. The maximum absolute atomic E-state index is 6.09. The van der Waals surface area contributed by atoms with Crippen molar-refractivity contribution in [3.8, 4) is 0 Å². The molecule has 0 spiro atoms. The molecule has 4 nitrogen and oxygen atoms in total. The van der Waals surface area contributed by atoms with E-state index in [0.29, 0.717) is 11.1 Å². The standard InChI is InChI=1S/C13H15ClN4S/c1-8-10(19-7-15-8)6-18(2)12-5-11(14)16-13(17-12)9-3-4-9/h5,7,9H,3-4,6H2,1-2H3. The van der Waals surface area contributed by atoms with E-state index in [1.807, 2.05) is 25.5 Å². The van der Waals surface area contributed by atoms with Gasteiger partial charge in [-0.3, -0.25) is 0 Å². The lowest BCUT2D eigenvalue weighted by Crippen LogP contribution is -2.18. The van der Waals surface area contributed by atoms with Crippen LogP contribution in [0.25, 0.3) is 0 Å². The molecule has 0 aromatic carbocycles. The van der Waals surface area contributed by atoms with Crippen LogP contribution in [0.2, 0.25) is 5.15 Å². The smallest absolute Gasteiger partial charge is 0.135 e. The Labute approximate surface area is 121 Å². The second-order valence-corrected chi connectivity index (χ2v) is 6.22. The molecular formula is C13H15ClN4S. The summed E-state index contributed by atoms with van der Waals surface area (Å²) in [5.41, 5.74) is 2.96. The third-order valence-electron chi connectivity index (χ3n) is 3.26. The maximum Gasteiger partial charge on any atom is 0.135 e. The van der Waals surface area contributed by atoms with Gasteiger partial charge in [0.2, 0.25) is 0 Å². The predicted molar refractivity (Wildman–Crippen MR) is 78.0 cm³/mol. The van der Waals surface area contributed by atoms with E-state index in [1.165, 1.54) is 17.7 Å². The number of rotatable bonds is 4. The summed E-state index contributed by atoms with van der Waals surface area (Å²) in [5, 5.41) is 0.528. The fourth-order valence-corrected chi connectivity index (χ4v) is 2.93. The van der Waals surface area contributed by atoms with Crippen LogP contribution in [0.5, 0.6) is 0 Å². The number of aryl methyl sites for hydroxylation is 1. The highest BCUT2D eigenvalue weighted by Crippen LogP contribution is 2.39. The summed E-state index contributed by atoms with van der Waals surface area (Å²) in [5.74, 6) is 2.28. The monoisotopic (exact) mass is 294 g/mol. The molecule has 2 aromatic rings. The average molecular weight is 295 g/mol. The topological polar surface area (TPSA) is 41.9 Å². The molecule has 19 heavy (non-hydrogen) atoms. The van der Waals surface area contributed by atoms with Crippen LogP contribution in [0.3, 0.4) is 0 Å². The third kappa shape index (κ3) is 2.87. The quantitative estimate of drug-likeness (QED) is 0.811. The lowest BCUT2D eigenvalue weighted by atomic mass is 10.3. The molecule has 0 unspecified atom stereocenters. The van der Waals surface area contributed by atoms with Crippen molar-refractivity contribution in [3.63, 3.8) is 0 Å². The summed E-state index contributed by atoms with van der Waals surface area (Å²) in [6.45, 7) is 2.83. The van der Waals surface area contributed by atoms with Crippen LogP contribution in [0, 0.1) is 6.92 Å². The summed E-state index contributed by atoms with van der Waals surface area (Å²) in [6.07, 6.45) is 2.36. The summed E-state index contributed by atoms with van der Waals surface area (Å²) in [4.78, 5) is 16.6. The first-order valence-corrected chi connectivity index (χ1v) is 7.54. The Kier molecular flexibility index (Phi) is 3.41. The van der Waals surface area contributed by atoms with Crippen molar-refractivity contribution in [1.29, 1.82) is 0 Å². The summed E-state index contributed by atoms with van der Waals surface area (Å²) < 4.78 is 0. The first-order chi connectivity index (χ1) is 9.13. The molecule has 2 heterocycles. The van der Waals surface area contributed by atoms with Gasteiger partial charge in [0.1, 0.15) is 16.8 Å². The molecule has 0 N–H and O–H groups in total. The Morgan fingerprint density at radius 2 is 2.21 bits per heavy atom. The van der Waals surface area contributed by atoms with E-state index in [-0.39, 0.29) is 0 Å². The van der Waals surface area contributed by atoms with Gasteiger partial charge in [0, 0.05) is 23.9 Å². The van der Waals surface area contributed by atoms with Gasteiger partial charge in [-0.15, -0.1) is 11.3 Å². The van der Waals surface area contributed by atoms with E-state index in [0.717, 1.165) is 23.9 Å². The van der Waals surface area contributed by atoms with E-state index in [1.54, 1.807) is 11.3 Å². The van der Waals surface area contributed by atoms with Crippen molar-refractivity contribution >= 4 is 28.8 Å². The first-order valence-electron chi connectivity index (χ1n) is 6.28. The van der Waals surface area contributed by atoms with E-state index < -0.39 is 0 Å². The van der Waals surface area contributed by atoms with Crippen molar-refractivity contribution in [2.24, 2.45) is 0 Å². The SMILES string of the molecule is Cc1ncsc1CN(C)c1cc(Cl)nc(C2CC2)n1. The number of hydrogen-bond acceptors (Lipinski definition) is 5. The van der Waals surface area contributed by atoms with Gasteiger partial charge < -0.3 is 4.90 Å². The Morgan fingerprint density at radius 1 is 1.42 bits per heavy atom. The van der Waals surface area contributed by atoms with E-state index in [4.69, 9.17) is 11.6 Å². The van der Waals surface area contributed by atoms with Gasteiger partial charge in [-0.05, 0) is 19.8 Å². The van der Waals surface area contributed by atoms with Crippen LogP contribution in [-0.2, 0) is 6.54 Å². The molecule has 0 atom stereocenters. The fraction of sp³-hybridized carbons (Fsp3) is 0.462. The van der Waals surface area contributed by atoms with Crippen molar-refractivity contribution in [2.45, 2.75) is 32.2 Å². The molecule has 100 valence electrons. The number of aromatic nitrogens is 3. The predicted octanol–water partition coefficient (Wildman–Crippen LogP) is 3.41. The minimum Gasteiger partial charge on any atom is -0.354 e. The number of thiazole rings is 1. The highest BCUT2D eigenvalue weighted by molar-refractivity contribution is 7.09. The number of nitrogens with zero attached hydrogens (tertiary/aromatic N) is 4. The lowest BCUT2D eigenvalue weighted by molar-refractivity contribution is 0.856. The van der Waals surface area contributed by atoms with Crippen LogP contribution in [0.15, 0.2) is 11.6 Å². The van der Waals surface area contributed by atoms with Gasteiger partial charge in [-0.25, -0.2) is 15.0 Å². The van der Waals surface area contributed by atoms with Gasteiger partial charge >= 0.3 is 0 Å². The summed E-state index contributed by atoms with van der Waals surface area (Å²) in [7, 11) is 2.02. The van der Waals surface area contributed by atoms with E-state index >= 15 is 0 Å². The zero-order valence-electron chi connectivity index (χ0n) is 10.9. The molecule has 2 aromatic heterocycles. The summed E-state index contributed by atoms with van der Waals surface area (Å²) in [6, 6.07) is 1.82.